The zero-order valence-corrected chi connectivity index (χ0v) is 8.05. The molecule has 7 heteroatoms. The van der Waals surface area contributed by atoms with Gasteiger partial charge in [-0.25, -0.2) is 9.18 Å². The van der Waals surface area contributed by atoms with E-state index in [1.54, 1.807) is 0 Å². The second-order valence-electron chi connectivity index (χ2n) is 2.96. The van der Waals surface area contributed by atoms with Crippen molar-refractivity contribution in [3.8, 4) is 0 Å². The number of aliphatic carboxylic acids is 1. The molecule has 1 aromatic rings. The van der Waals surface area contributed by atoms with Crippen LogP contribution in [0.5, 0.6) is 0 Å². The van der Waals surface area contributed by atoms with Gasteiger partial charge in [0.2, 0.25) is 0 Å². The topological polar surface area (TPSA) is 99.5 Å². The van der Waals surface area contributed by atoms with Crippen molar-refractivity contribution in [2.75, 3.05) is 6.54 Å². The number of aliphatic hydroxyl groups is 1. The van der Waals surface area contributed by atoms with Gasteiger partial charge in [-0.1, -0.05) is 0 Å². The lowest BCUT2D eigenvalue weighted by Crippen LogP contribution is -2.36. The molecule has 86 valence electrons. The molecule has 0 saturated carbocycles. The first kappa shape index (κ1) is 12.1. The Morgan fingerprint density at radius 3 is 2.75 bits per heavy atom. The van der Waals surface area contributed by atoms with Gasteiger partial charge in [-0.05, 0) is 6.07 Å². The average Bonchev–Trinajstić information content (AvgIpc) is 2.25. The number of nitrogens with zero attached hydrogens (tertiary/aromatic N) is 1. The number of carboxylic acids is 1. The van der Waals surface area contributed by atoms with E-state index in [9.17, 15) is 14.0 Å². The van der Waals surface area contributed by atoms with Crippen LogP contribution in [0.15, 0.2) is 18.5 Å². The summed E-state index contributed by atoms with van der Waals surface area (Å²) in [7, 11) is 0. The first-order valence-electron chi connectivity index (χ1n) is 4.30. The van der Waals surface area contributed by atoms with Crippen LogP contribution in [0.4, 0.5) is 4.39 Å². The van der Waals surface area contributed by atoms with Gasteiger partial charge in [0, 0.05) is 6.20 Å². The second kappa shape index (κ2) is 5.17. The lowest BCUT2D eigenvalue weighted by Gasteiger charge is -2.07. The molecule has 6 nitrogen and oxygen atoms in total. The fourth-order valence-electron chi connectivity index (χ4n) is 0.915. The SMILES string of the molecule is O=C(NC[C@H](O)C(=O)O)c1cncc(F)c1. The third-order valence-electron chi connectivity index (χ3n) is 1.71. The summed E-state index contributed by atoms with van der Waals surface area (Å²) in [5, 5.41) is 19.3. The van der Waals surface area contributed by atoms with Crippen LogP contribution < -0.4 is 5.32 Å². The van der Waals surface area contributed by atoms with Gasteiger partial charge >= 0.3 is 5.97 Å². The van der Waals surface area contributed by atoms with Gasteiger partial charge < -0.3 is 15.5 Å². The minimum Gasteiger partial charge on any atom is -0.479 e. The molecule has 16 heavy (non-hydrogen) atoms. The average molecular weight is 228 g/mol. The van der Waals surface area contributed by atoms with E-state index in [2.05, 4.69) is 10.3 Å². The first-order valence-corrected chi connectivity index (χ1v) is 4.30. The summed E-state index contributed by atoms with van der Waals surface area (Å²) in [4.78, 5) is 25.0. The maximum atomic E-state index is 12.7. The van der Waals surface area contributed by atoms with Crippen molar-refractivity contribution in [1.82, 2.24) is 10.3 Å². The smallest absolute Gasteiger partial charge is 0.334 e. The fraction of sp³-hybridized carbons (Fsp3) is 0.222. The van der Waals surface area contributed by atoms with E-state index in [-0.39, 0.29) is 5.56 Å². The van der Waals surface area contributed by atoms with Crippen LogP contribution in [0.25, 0.3) is 0 Å². The number of amides is 1. The van der Waals surface area contributed by atoms with Crippen molar-refractivity contribution >= 4 is 11.9 Å². The van der Waals surface area contributed by atoms with Crippen molar-refractivity contribution in [2.24, 2.45) is 0 Å². The standard InChI is InChI=1S/C9H9FN2O4/c10-6-1-5(2-11-3-6)8(14)12-4-7(13)9(15)16/h1-3,7,13H,4H2,(H,12,14)(H,15,16)/t7-/m0/s1. The molecule has 1 amide bonds. The van der Waals surface area contributed by atoms with Crippen LogP contribution in [0, 0.1) is 5.82 Å². The van der Waals surface area contributed by atoms with E-state index >= 15 is 0 Å². The van der Waals surface area contributed by atoms with Crippen molar-refractivity contribution in [2.45, 2.75) is 6.10 Å². The highest BCUT2D eigenvalue weighted by Gasteiger charge is 2.15. The van der Waals surface area contributed by atoms with Gasteiger partial charge in [-0.2, -0.15) is 0 Å². The highest BCUT2D eigenvalue weighted by atomic mass is 19.1. The van der Waals surface area contributed by atoms with Crippen molar-refractivity contribution in [3.63, 3.8) is 0 Å². The Labute approximate surface area is 89.7 Å². The predicted molar refractivity (Wildman–Crippen MR) is 50.2 cm³/mol. The number of carboxylic acid groups (broad SMARTS) is 1. The van der Waals surface area contributed by atoms with Gasteiger partial charge in [0.1, 0.15) is 5.82 Å². The number of halogens is 1. The molecule has 0 radical (unpaired) electrons. The van der Waals surface area contributed by atoms with Gasteiger partial charge in [0.15, 0.2) is 6.10 Å². The summed E-state index contributed by atoms with van der Waals surface area (Å²) in [6, 6.07) is 0.954. The predicted octanol–water partition coefficient (Wildman–Crippen LogP) is -0.604. The highest BCUT2D eigenvalue weighted by Crippen LogP contribution is 2.00. The summed E-state index contributed by atoms with van der Waals surface area (Å²) in [5.41, 5.74) is -0.0439. The summed E-state index contributed by atoms with van der Waals surface area (Å²) in [6.07, 6.45) is 0.375. The summed E-state index contributed by atoms with van der Waals surface area (Å²) < 4.78 is 12.7. The van der Waals surface area contributed by atoms with E-state index < -0.39 is 30.3 Å². The van der Waals surface area contributed by atoms with Crippen LogP contribution in [-0.2, 0) is 4.79 Å². The molecule has 1 rings (SSSR count). The molecule has 0 aromatic carbocycles. The molecule has 0 aliphatic rings. The largest absolute Gasteiger partial charge is 0.479 e. The van der Waals surface area contributed by atoms with Crippen molar-refractivity contribution in [1.29, 1.82) is 0 Å². The van der Waals surface area contributed by atoms with E-state index in [4.69, 9.17) is 10.2 Å². The molecule has 0 saturated heterocycles. The molecule has 1 atom stereocenters. The Balaban J connectivity index is 2.56. The lowest BCUT2D eigenvalue weighted by atomic mass is 10.2. The second-order valence-corrected chi connectivity index (χ2v) is 2.96. The van der Waals surface area contributed by atoms with Gasteiger partial charge in [-0.3, -0.25) is 9.78 Å². The number of rotatable bonds is 4. The molecule has 0 aliphatic carbocycles. The minimum atomic E-state index is -1.69. The molecule has 1 aromatic heterocycles. The van der Waals surface area contributed by atoms with Crippen LogP contribution in [0.3, 0.4) is 0 Å². The molecule has 3 N–H and O–H groups in total. The third kappa shape index (κ3) is 3.28. The first-order chi connectivity index (χ1) is 7.50. The zero-order chi connectivity index (χ0) is 12.1. The number of hydrogen-bond donors (Lipinski definition) is 3. The summed E-state index contributed by atoms with van der Waals surface area (Å²) >= 11 is 0. The number of carbonyl (C=O) groups excluding carboxylic acids is 1. The summed E-state index contributed by atoms with van der Waals surface area (Å²) in [6.45, 7) is -0.454. The zero-order valence-electron chi connectivity index (χ0n) is 8.05. The molecule has 0 aliphatic heterocycles. The van der Waals surface area contributed by atoms with E-state index in [1.165, 1.54) is 0 Å². The lowest BCUT2D eigenvalue weighted by molar-refractivity contribution is -0.146. The van der Waals surface area contributed by atoms with Gasteiger partial charge in [0.25, 0.3) is 5.91 Å². The number of nitrogens with one attached hydrogen (secondary N) is 1. The Morgan fingerprint density at radius 2 is 2.19 bits per heavy atom. The number of pyridine rings is 1. The molecule has 0 spiro atoms. The number of hydrogen-bond acceptors (Lipinski definition) is 4. The number of carbonyl (C=O) groups is 2. The van der Waals surface area contributed by atoms with Crippen LogP contribution in [-0.4, -0.2) is 39.7 Å². The number of aromatic nitrogens is 1. The molecule has 0 bridgehead atoms. The molecule has 0 unspecified atom stereocenters. The quantitative estimate of drug-likeness (QED) is 0.638. The van der Waals surface area contributed by atoms with Gasteiger partial charge in [0.05, 0.1) is 18.3 Å². The normalized spacial score (nSPS) is 11.9. The Hall–Kier alpha value is -2.02. The maximum Gasteiger partial charge on any atom is 0.334 e. The van der Waals surface area contributed by atoms with E-state index in [1.807, 2.05) is 0 Å². The highest BCUT2D eigenvalue weighted by molar-refractivity contribution is 5.94. The maximum absolute atomic E-state index is 12.7. The fourth-order valence-corrected chi connectivity index (χ4v) is 0.915. The Bertz CT molecular complexity index is 410. The number of aliphatic hydroxyl groups excluding tert-OH is 1. The van der Waals surface area contributed by atoms with E-state index in [0.29, 0.717) is 0 Å². The Morgan fingerprint density at radius 1 is 1.50 bits per heavy atom. The van der Waals surface area contributed by atoms with Crippen LogP contribution >= 0.6 is 0 Å². The van der Waals surface area contributed by atoms with Crippen LogP contribution in [0.1, 0.15) is 10.4 Å². The molecular weight excluding hydrogens is 219 g/mol. The van der Waals surface area contributed by atoms with E-state index in [0.717, 1.165) is 18.5 Å². The molecule has 0 fully saturated rings. The van der Waals surface area contributed by atoms with Gasteiger partial charge in [-0.15, -0.1) is 0 Å². The van der Waals surface area contributed by atoms with Crippen molar-refractivity contribution in [3.05, 3.63) is 29.8 Å². The molecular formula is C9H9FN2O4. The summed E-state index contributed by atoms with van der Waals surface area (Å²) in [5.74, 6) is -2.82. The molecule has 1 heterocycles. The Kier molecular flexibility index (Phi) is 3.90. The minimum absolute atomic E-state index is 0.0439. The monoisotopic (exact) mass is 228 g/mol. The van der Waals surface area contributed by atoms with Crippen molar-refractivity contribution < 1.29 is 24.2 Å². The third-order valence-corrected chi connectivity index (χ3v) is 1.71. The van der Waals surface area contributed by atoms with Crippen LogP contribution in [0.2, 0.25) is 0 Å².